The van der Waals surface area contributed by atoms with Crippen molar-refractivity contribution in [3.63, 3.8) is 0 Å². The van der Waals surface area contributed by atoms with Crippen LogP contribution in [-0.4, -0.2) is 57.7 Å². The summed E-state index contributed by atoms with van der Waals surface area (Å²) >= 11 is 2.03. The van der Waals surface area contributed by atoms with E-state index in [1.54, 1.807) is 18.2 Å². The fraction of sp³-hybridized carbons (Fsp3) is 0.400. The number of halogens is 1. The maximum atomic E-state index is 11.5. The number of aliphatic hydroxyl groups excluding tert-OH is 4. The number of ether oxygens (including phenoxy) is 1. The molecule has 0 amide bonds. The highest BCUT2D eigenvalue weighted by Gasteiger charge is 2.43. The van der Waals surface area contributed by atoms with E-state index in [0.29, 0.717) is 11.3 Å². The van der Waals surface area contributed by atoms with Gasteiger partial charge in [0, 0.05) is 26.8 Å². The normalized spacial score (nSPS) is 30.5. The first-order valence-corrected chi connectivity index (χ1v) is 8.29. The molecule has 0 bridgehead atoms. The van der Waals surface area contributed by atoms with Crippen molar-refractivity contribution in [2.24, 2.45) is 0 Å². The largest absolute Gasteiger partial charge is 0.423 e. The quantitative estimate of drug-likeness (QED) is 0.316. The second-order valence-corrected chi connectivity index (χ2v) is 6.69. The Morgan fingerprint density at radius 1 is 1.17 bits per heavy atom. The predicted octanol–water partition coefficient (Wildman–Crippen LogP) is -0.391. The summed E-state index contributed by atoms with van der Waals surface area (Å²) in [4.78, 5) is 11.5. The molecule has 24 heavy (non-hydrogen) atoms. The molecule has 0 saturated carbocycles. The Bertz CT molecular complexity index is 795. The molecule has 1 aromatic heterocycles. The molecule has 130 valence electrons. The molecular formula is C15H16INO7. The third-order valence-corrected chi connectivity index (χ3v) is 4.82. The Morgan fingerprint density at radius 2 is 1.92 bits per heavy atom. The maximum absolute atomic E-state index is 11.5. The Kier molecular flexibility index (Phi) is 5.08. The Balaban J connectivity index is 1.88. The highest BCUT2D eigenvalue weighted by molar-refractivity contribution is 14.1. The van der Waals surface area contributed by atoms with Crippen LogP contribution in [0.25, 0.3) is 11.0 Å². The van der Waals surface area contributed by atoms with Gasteiger partial charge in [0.05, 0.1) is 6.61 Å². The van der Waals surface area contributed by atoms with E-state index in [2.05, 4.69) is 5.32 Å². The van der Waals surface area contributed by atoms with Crippen LogP contribution in [-0.2, 0) is 4.74 Å². The van der Waals surface area contributed by atoms with Crippen molar-refractivity contribution < 1.29 is 29.6 Å². The zero-order valence-electron chi connectivity index (χ0n) is 12.3. The molecule has 5 N–H and O–H groups in total. The van der Waals surface area contributed by atoms with Crippen LogP contribution >= 0.6 is 22.6 Å². The summed E-state index contributed by atoms with van der Waals surface area (Å²) in [5, 5.41) is 42.7. The molecule has 9 heteroatoms. The lowest BCUT2D eigenvalue weighted by Crippen LogP contribution is -2.61. The van der Waals surface area contributed by atoms with Crippen LogP contribution in [0.3, 0.4) is 0 Å². The van der Waals surface area contributed by atoms with Crippen LogP contribution < -0.4 is 10.9 Å². The van der Waals surface area contributed by atoms with Gasteiger partial charge in [-0.3, -0.25) is 0 Å². The smallest absolute Gasteiger partial charge is 0.337 e. The number of hydrogen-bond acceptors (Lipinski definition) is 8. The van der Waals surface area contributed by atoms with Crippen molar-refractivity contribution in [1.29, 1.82) is 0 Å². The Hall–Kier alpha value is -1.24. The van der Waals surface area contributed by atoms with Crippen molar-refractivity contribution >= 4 is 39.2 Å². The van der Waals surface area contributed by atoms with Gasteiger partial charge >= 0.3 is 5.63 Å². The van der Waals surface area contributed by atoms with E-state index in [1.165, 1.54) is 6.07 Å². The topological polar surface area (TPSA) is 132 Å². The average Bonchev–Trinajstić information content (AvgIpc) is 2.54. The molecule has 1 fully saturated rings. The molecule has 8 nitrogen and oxygen atoms in total. The van der Waals surface area contributed by atoms with E-state index in [4.69, 9.17) is 14.3 Å². The molecule has 1 aromatic carbocycles. The lowest BCUT2D eigenvalue weighted by molar-refractivity contribution is -0.245. The first-order valence-electron chi connectivity index (χ1n) is 7.21. The molecule has 2 unspecified atom stereocenters. The summed E-state index contributed by atoms with van der Waals surface area (Å²) in [5.41, 5.74) is 0.340. The molecule has 2 aromatic rings. The number of nitrogens with one attached hydrogen (secondary N) is 1. The zero-order chi connectivity index (χ0) is 17.4. The van der Waals surface area contributed by atoms with Gasteiger partial charge in [-0.2, -0.15) is 0 Å². The van der Waals surface area contributed by atoms with Gasteiger partial charge in [0.2, 0.25) is 0 Å². The summed E-state index contributed by atoms with van der Waals surface area (Å²) in [5.74, 6) is 0. The van der Waals surface area contributed by atoms with Crippen molar-refractivity contribution in [2.45, 2.75) is 30.6 Å². The van der Waals surface area contributed by atoms with Gasteiger partial charge in [0.1, 0.15) is 29.9 Å². The number of aliphatic hydroxyl groups is 4. The molecule has 3 rings (SSSR count). The number of benzene rings is 1. The van der Waals surface area contributed by atoms with E-state index in [9.17, 15) is 20.1 Å². The number of rotatable bonds is 3. The Morgan fingerprint density at radius 3 is 2.62 bits per heavy atom. The average molecular weight is 449 g/mol. The summed E-state index contributed by atoms with van der Waals surface area (Å²) < 4.78 is 11.0. The second kappa shape index (κ2) is 6.94. The SMILES string of the molecule is O=c1cc(I)c2ccc(NC3[C@H](O)OC(CO)[C@@H](O)[C@@H]3O)cc2o1. The number of anilines is 1. The fourth-order valence-corrected chi connectivity index (χ4v) is 3.36. The van der Waals surface area contributed by atoms with E-state index in [1.807, 2.05) is 22.6 Å². The summed E-state index contributed by atoms with van der Waals surface area (Å²) in [6, 6.07) is 5.34. The minimum absolute atomic E-state index is 0.353. The highest BCUT2D eigenvalue weighted by atomic mass is 127. The van der Waals surface area contributed by atoms with Gasteiger partial charge in [0.25, 0.3) is 0 Å². The Labute approximate surface area is 149 Å². The number of hydrogen-bond donors (Lipinski definition) is 5. The lowest BCUT2D eigenvalue weighted by Gasteiger charge is -2.40. The zero-order valence-corrected chi connectivity index (χ0v) is 14.5. The summed E-state index contributed by atoms with van der Waals surface area (Å²) in [7, 11) is 0. The number of fused-ring (bicyclic) bond motifs is 1. The maximum Gasteiger partial charge on any atom is 0.337 e. The molecule has 2 heterocycles. The van der Waals surface area contributed by atoms with Gasteiger partial charge in [-0.05, 0) is 34.7 Å². The first-order chi connectivity index (χ1) is 11.4. The molecule has 0 radical (unpaired) electrons. The van der Waals surface area contributed by atoms with Crippen molar-refractivity contribution in [2.75, 3.05) is 11.9 Å². The van der Waals surface area contributed by atoms with Gasteiger partial charge < -0.3 is 34.9 Å². The second-order valence-electron chi connectivity index (χ2n) is 5.52. The van der Waals surface area contributed by atoms with Gasteiger partial charge in [-0.1, -0.05) is 0 Å². The van der Waals surface area contributed by atoms with Crippen LogP contribution in [0.1, 0.15) is 0 Å². The van der Waals surface area contributed by atoms with Gasteiger partial charge in [-0.15, -0.1) is 0 Å². The molecule has 5 atom stereocenters. The van der Waals surface area contributed by atoms with Crippen LogP contribution in [0.4, 0.5) is 5.69 Å². The van der Waals surface area contributed by atoms with Crippen LogP contribution in [0.5, 0.6) is 0 Å². The minimum Gasteiger partial charge on any atom is -0.423 e. The van der Waals surface area contributed by atoms with E-state index in [-0.39, 0.29) is 0 Å². The predicted molar refractivity (Wildman–Crippen MR) is 92.6 cm³/mol. The van der Waals surface area contributed by atoms with Gasteiger partial charge in [0.15, 0.2) is 6.29 Å². The molecule has 0 aliphatic carbocycles. The van der Waals surface area contributed by atoms with E-state index >= 15 is 0 Å². The van der Waals surface area contributed by atoms with Crippen molar-refractivity contribution in [1.82, 2.24) is 0 Å². The molecular weight excluding hydrogens is 433 g/mol. The van der Waals surface area contributed by atoms with Crippen molar-refractivity contribution in [3.8, 4) is 0 Å². The minimum atomic E-state index is -1.43. The van der Waals surface area contributed by atoms with Crippen LogP contribution in [0.2, 0.25) is 0 Å². The summed E-state index contributed by atoms with van der Waals surface area (Å²) in [6.45, 7) is -0.526. The van der Waals surface area contributed by atoms with Crippen LogP contribution in [0, 0.1) is 3.57 Å². The van der Waals surface area contributed by atoms with E-state index < -0.39 is 42.9 Å². The molecule has 1 saturated heterocycles. The monoisotopic (exact) mass is 449 g/mol. The third-order valence-electron chi connectivity index (χ3n) is 3.93. The lowest BCUT2D eigenvalue weighted by atomic mass is 9.97. The fourth-order valence-electron chi connectivity index (χ4n) is 2.66. The first kappa shape index (κ1) is 17.6. The third kappa shape index (κ3) is 3.27. The van der Waals surface area contributed by atoms with Crippen LogP contribution in [0.15, 0.2) is 33.5 Å². The molecule has 0 spiro atoms. The summed E-state index contributed by atoms with van der Waals surface area (Å²) in [6.07, 6.45) is -5.21. The van der Waals surface area contributed by atoms with Crippen molar-refractivity contribution in [3.05, 3.63) is 38.3 Å². The van der Waals surface area contributed by atoms with Gasteiger partial charge in [-0.25, -0.2) is 4.79 Å². The standard InChI is InChI=1S/C15H16INO7/c16-8-4-11(19)23-9-3-6(1-2-7(8)9)17-12-14(21)13(20)10(5-18)24-15(12)22/h1-4,10,12-15,17-18,20-22H,5H2/t10?,12?,13-,14-,15-/m1/s1. The highest BCUT2D eigenvalue weighted by Crippen LogP contribution is 2.26. The molecule has 1 aliphatic heterocycles. The van der Waals surface area contributed by atoms with E-state index in [0.717, 1.165) is 8.96 Å². The molecule has 1 aliphatic rings.